The molecule has 34 heavy (non-hydrogen) atoms. The van der Waals surface area contributed by atoms with Gasteiger partial charge in [-0.15, -0.1) is 0 Å². The summed E-state index contributed by atoms with van der Waals surface area (Å²) >= 11 is 0. The first kappa shape index (κ1) is 22.8. The van der Waals surface area contributed by atoms with Crippen LogP contribution in [0.5, 0.6) is 0 Å². The molecule has 0 unspecified atom stereocenters. The molecule has 4 rings (SSSR count). The van der Waals surface area contributed by atoms with Crippen LogP contribution in [0.25, 0.3) is 5.69 Å². The fourth-order valence-corrected chi connectivity index (χ4v) is 3.65. The summed E-state index contributed by atoms with van der Waals surface area (Å²) in [6, 6.07) is 18.3. The van der Waals surface area contributed by atoms with Gasteiger partial charge < -0.3 is 16.0 Å². The van der Waals surface area contributed by atoms with E-state index < -0.39 is 0 Å². The standard InChI is InChI=1S/C27H27N5O2/c1-17-7-5-9-22(11-17)30-27(34)31-24-15-28-32(16-24)25-10-6-8-21(14-25)26(33)29-23-12-18(2)20(4)19(3)13-23/h5-16H,1-4H3,(H,29,33)(H2,30,31,34). The number of carbonyl (C=O) groups is 2. The number of urea groups is 1. The summed E-state index contributed by atoms with van der Waals surface area (Å²) < 4.78 is 1.61. The van der Waals surface area contributed by atoms with Gasteiger partial charge in [-0.1, -0.05) is 18.2 Å². The van der Waals surface area contributed by atoms with Gasteiger partial charge in [-0.25, -0.2) is 9.48 Å². The molecular formula is C27H27N5O2. The molecule has 0 radical (unpaired) electrons. The van der Waals surface area contributed by atoms with Gasteiger partial charge in [0.15, 0.2) is 0 Å². The molecule has 7 heteroatoms. The monoisotopic (exact) mass is 453 g/mol. The van der Waals surface area contributed by atoms with Crippen LogP contribution in [0.1, 0.15) is 32.6 Å². The molecule has 1 heterocycles. The molecule has 0 fully saturated rings. The van der Waals surface area contributed by atoms with Gasteiger partial charge in [-0.3, -0.25) is 4.79 Å². The minimum atomic E-state index is -0.359. The highest BCUT2D eigenvalue weighted by Gasteiger charge is 2.11. The zero-order valence-electron chi connectivity index (χ0n) is 19.6. The zero-order valence-corrected chi connectivity index (χ0v) is 19.6. The lowest BCUT2D eigenvalue weighted by Crippen LogP contribution is -2.19. The van der Waals surface area contributed by atoms with E-state index in [9.17, 15) is 9.59 Å². The Labute approximate surface area is 198 Å². The Balaban J connectivity index is 1.44. The van der Waals surface area contributed by atoms with Crippen LogP contribution in [0.15, 0.2) is 73.1 Å². The van der Waals surface area contributed by atoms with Crippen LogP contribution < -0.4 is 16.0 Å². The molecule has 0 saturated carbocycles. The van der Waals surface area contributed by atoms with Crippen LogP contribution in [0, 0.1) is 27.7 Å². The van der Waals surface area contributed by atoms with Crippen molar-refractivity contribution in [2.24, 2.45) is 0 Å². The van der Waals surface area contributed by atoms with Crippen molar-refractivity contribution in [1.29, 1.82) is 0 Å². The molecule has 0 aliphatic heterocycles. The van der Waals surface area contributed by atoms with Crippen LogP contribution in [0.2, 0.25) is 0 Å². The van der Waals surface area contributed by atoms with Crippen molar-refractivity contribution in [2.75, 3.05) is 16.0 Å². The van der Waals surface area contributed by atoms with E-state index in [2.05, 4.69) is 28.0 Å². The van der Waals surface area contributed by atoms with Crippen molar-refractivity contribution < 1.29 is 9.59 Å². The van der Waals surface area contributed by atoms with Crippen LogP contribution in [0.4, 0.5) is 21.9 Å². The van der Waals surface area contributed by atoms with Crippen molar-refractivity contribution in [3.63, 3.8) is 0 Å². The predicted molar refractivity (Wildman–Crippen MR) is 136 cm³/mol. The highest BCUT2D eigenvalue weighted by molar-refractivity contribution is 6.04. The van der Waals surface area contributed by atoms with Gasteiger partial charge >= 0.3 is 6.03 Å². The van der Waals surface area contributed by atoms with Crippen LogP contribution in [-0.4, -0.2) is 21.7 Å². The Morgan fingerprint density at radius 1 is 0.765 bits per heavy atom. The number of nitrogens with zero attached hydrogens (tertiary/aromatic N) is 2. The van der Waals surface area contributed by atoms with Gasteiger partial charge in [-0.2, -0.15) is 5.10 Å². The number of rotatable bonds is 5. The van der Waals surface area contributed by atoms with Crippen molar-refractivity contribution >= 4 is 29.0 Å². The molecule has 0 spiro atoms. The minimum Gasteiger partial charge on any atom is -0.322 e. The van der Waals surface area contributed by atoms with Crippen LogP contribution >= 0.6 is 0 Å². The molecule has 7 nitrogen and oxygen atoms in total. The van der Waals surface area contributed by atoms with E-state index >= 15 is 0 Å². The molecule has 0 bridgehead atoms. The van der Waals surface area contributed by atoms with Gasteiger partial charge in [0.2, 0.25) is 0 Å². The molecule has 4 aromatic rings. The van der Waals surface area contributed by atoms with E-state index in [1.165, 1.54) is 5.56 Å². The maximum atomic E-state index is 12.8. The summed E-state index contributed by atoms with van der Waals surface area (Å²) in [5.41, 5.74) is 7.76. The molecule has 3 aromatic carbocycles. The summed E-state index contributed by atoms with van der Waals surface area (Å²) in [6.07, 6.45) is 3.25. The lowest BCUT2D eigenvalue weighted by molar-refractivity contribution is 0.102. The quantitative estimate of drug-likeness (QED) is 0.346. The Morgan fingerprint density at radius 2 is 1.47 bits per heavy atom. The molecule has 0 saturated heterocycles. The van der Waals surface area contributed by atoms with Crippen molar-refractivity contribution in [1.82, 2.24) is 9.78 Å². The number of anilines is 3. The van der Waals surface area contributed by atoms with Gasteiger partial charge in [0.25, 0.3) is 5.91 Å². The van der Waals surface area contributed by atoms with Crippen molar-refractivity contribution in [3.8, 4) is 5.69 Å². The smallest absolute Gasteiger partial charge is 0.322 e. The summed E-state index contributed by atoms with van der Waals surface area (Å²) in [6.45, 7) is 8.09. The topological polar surface area (TPSA) is 88.1 Å². The number of aryl methyl sites for hydroxylation is 3. The number of amides is 3. The lowest BCUT2D eigenvalue weighted by atomic mass is 10.0. The Hall–Kier alpha value is -4.39. The number of hydrogen-bond donors (Lipinski definition) is 3. The molecule has 3 N–H and O–H groups in total. The zero-order chi connectivity index (χ0) is 24.2. The number of nitrogens with one attached hydrogen (secondary N) is 3. The Bertz CT molecular complexity index is 1350. The number of aromatic nitrogens is 2. The predicted octanol–water partition coefficient (Wildman–Crippen LogP) is 6.00. The van der Waals surface area contributed by atoms with E-state index in [0.717, 1.165) is 22.4 Å². The van der Waals surface area contributed by atoms with E-state index in [-0.39, 0.29) is 11.9 Å². The van der Waals surface area contributed by atoms with Crippen LogP contribution in [0.3, 0.4) is 0 Å². The first-order valence-electron chi connectivity index (χ1n) is 11.0. The summed E-state index contributed by atoms with van der Waals surface area (Å²) in [7, 11) is 0. The minimum absolute atomic E-state index is 0.201. The fraction of sp³-hybridized carbons (Fsp3) is 0.148. The third-order valence-electron chi connectivity index (χ3n) is 5.67. The fourth-order valence-electron chi connectivity index (χ4n) is 3.65. The molecule has 0 aliphatic carbocycles. The average Bonchev–Trinajstić information content (AvgIpc) is 3.26. The summed E-state index contributed by atoms with van der Waals surface area (Å²) in [5, 5.41) is 12.9. The largest absolute Gasteiger partial charge is 0.323 e. The summed E-state index contributed by atoms with van der Waals surface area (Å²) in [5.74, 6) is -0.201. The second-order valence-electron chi connectivity index (χ2n) is 8.36. The third kappa shape index (κ3) is 5.32. The molecule has 172 valence electrons. The van der Waals surface area contributed by atoms with Crippen LogP contribution in [-0.2, 0) is 0 Å². The highest BCUT2D eigenvalue weighted by atomic mass is 16.2. The van der Waals surface area contributed by atoms with E-state index in [0.29, 0.717) is 22.6 Å². The third-order valence-corrected chi connectivity index (χ3v) is 5.67. The number of carbonyl (C=O) groups excluding carboxylic acids is 2. The first-order valence-corrected chi connectivity index (χ1v) is 11.0. The van der Waals surface area contributed by atoms with Gasteiger partial charge in [0.1, 0.15) is 0 Å². The maximum absolute atomic E-state index is 12.8. The second-order valence-corrected chi connectivity index (χ2v) is 8.36. The van der Waals surface area contributed by atoms with E-state index in [1.54, 1.807) is 35.3 Å². The number of hydrogen-bond acceptors (Lipinski definition) is 3. The van der Waals surface area contributed by atoms with E-state index in [1.807, 2.05) is 63.2 Å². The SMILES string of the molecule is Cc1cccc(NC(=O)Nc2cnn(-c3cccc(C(=O)Nc4cc(C)c(C)c(C)c4)c3)c2)c1. The summed E-state index contributed by atoms with van der Waals surface area (Å²) in [4.78, 5) is 25.2. The lowest BCUT2D eigenvalue weighted by Gasteiger charge is -2.11. The van der Waals surface area contributed by atoms with Gasteiger partial charge in [0, 0.05) is 16.9 Å². The molecule has 1 aromatic heterocycles. The molecule has 0 atom stereocenters. The van der Waals surface area contributed by atoms with E-state index in [4.69, 9.17) is 0 Å². The van der Waals surface area contributed by atoms with Crippen molar-refractivity contribution in [3.05, 3.63) is 101 Å². The molecule has 3 amide bonds. The Kier molecular flexibility index (Phi) is 6.45. The number of benzene rings is 3. The van der Waals surface area contributed by atoms with Gasteiger partial charge in [-0.05, 0) is 92.4 Å². The maximum Gasteiger partial charge on any atom is 0.323 e. The molecular weight excluding hydrogens is 426 g/mol. The molecule has 0 aliphatic rings. The Morgan fingerprint density at radius 3 is 2.21 bits per heavy atom. The second kappa shape index (κ2) is 9.62. The normalized spacial score (nSPS) is 10.6. The first-order chi connectivity index (χ1) is 16.3. The van der Waals surface area contributed by atoms with Gasteiger partial charge in [0.05, 0.1) is 23.8 Å². The highest BCUT2D eigenvalue weighted by Crippen LogP contribution is 2.21. The van der Waals surface area contributed by atoms with Crippen molar-refractivity contribution in [2.45, 2.75) is 27.7 Å². The average molecular weight is 454 g/mol.